The number of hydrogen-bond donors (Lipinski definition) is 1. The van der Waals surface area contributed by atoms with Gasteiger partial charge in [0.05, 0.1) is 11.6 Å². The molecule has 1 saturated carbocycles. The second-order valence-corrected chi connectivity index (χ2v) is 5.51. The van der Waals surface area contributed by atoms with Gasteiger partial charge < -0.3 is 10.1 Å². The van der Waals surface area contributed by atoms with Crippen molar-refractivity contribution < 1.29 is 14.3 Å². The van der Waals surface area contributed by atoms with Crippen molar-refractivity contribution in [2.75, 3.05) is 12.4 Å². The van der Waals surface area contributed by atoms with Crippen molar-refractivity contribution >= 4 is 33.3 Å². The number of nitrogens with one attached hydrogen (secondary N) is 1. The van der Waals surface area contributed by atoms with E-state index in [0.29, 0.717) is 25.7 Å². The van der Waals surface area contributed by atoms with Crippen molar-refractivity contribution in [2.45, 2.75) is 25.7 Å². The highest BCUT2D eigenvalue weighted by molar-refractivity contribution is 9.10. The third kappa shape index (κ3) is 3.56. The molecule has 19 heavy (non-hydrogen) atoms. The molecule has 5 heteroatoms. The monoisotopic (exact) mass is 325 g/mol. The van der Waals surface area contributed by atoms with E-state index in [1.807, 2.05) is 6.07 Å². The predicted molar refractivity (Wildman–Crippen MR) is 76.3 cm³/mol. The minimum absolute atomic E-state index is 0.00966. The first-order valence-electron chi connectivity index (χ1n) is 6.26. The average molecular weight is 326 g/mol. The molecule has 0 heterocycles. The fourth-order valence-corrected chi connectivity index (χ4v) is 2.73. The van der Waals surface area contributed by atoms with E-state index >= 15 is 0 Å². The molecule has 1 aliphatic rings. The largest absolute Gasteiger partial charge is 0.496 e. The van der Waals surface area contributed by atoms with E-state index < -0.39 is 0 Å². The summed E-state index contributed by atoms with van der Waals surface area (Å²) in [7, 11) is 1.59. The molecule has 2 rings (SSSR count). The van der Waals surface area contributed by atoms with Crippen molar-refractivity contribution in [1.82, 2.24) is 0 Å². The Bertz CT molecular complexity index is 491. The number of anilines is 1. The zero-order valence-corrected chi connectivity index (χ0v) is 12.3. The number of halogens is 1. The van der Waals surface area contributed by atoms with Gasteiger partial charge in [0.1, 0.15) is 11.5 Å². The fourth-order valence-electron chi connectivity index (χ4n) is 2.19. The maximum atomic E-state index is 12.1. The average Bonchev–Trinajstić information content (AvgIpc) is 2.39. The normalized spacial score (nSPS) is 16.2. The number of rotatable bonds is 3. The number of ether oxygens (including phenoxy) is 1. The highest BCUT2D eigenvalue weighted by Crippen LogP contribution is 2.29. The van der Waals surface area contributed by atoms with Crippen LogP contribution in [-0.2, 0) is 9.59 Å². The Labute approximate surface area is 120 Å². The van der Waals surface area contributed by atoms with Crippen LogP contribution in [0, 0.1) is 5.92 Å². The van der Waals surface area contributed by atoms with E-state index in [1.54, 1.807) is 19.2 Å². The summed E-state index contributed by atoms with van der Waals surface area (Å²) in [6.07, 6.45) is 2.35. The van der Waals surface area contributed by atoms with Crippen molar-refractivity contribution in [3.05, 3.63) is 22.7 Å². The van der Waals surface area contributed by atoms with Crippen LogP contribution in [0.1, 0.15) is 25.7 Å². The van der Waals surface area contributed by atoms with Crippen molar-refractivity contribution in [3.8, 4) is 5.75 Å². The second kappa shape index (κ2) is 6.19. The molecule has 0 unspecified atom stereocenters. The molecule has 1 aliphatic carbocycles. The van der Waals surface area contributed by atoms with Crippen molar-refractivity contribution in [2.24, 2.45) is 5.92 Å². The fraction of sp³-hybridized carbons (Fsp3) is 0.429. The molecule has 0 aliphatic heterocycles. The minimum atomic E-state index is -0.0569. The first-order valence-corrected chi connectivity index (χ1v) is 7.05. The van der Waals surface area contributed by atoms with Gasteiger partial charge in [-0.2, -0.15) is 0 Å². The molecule has 1 aromatic carbocycles. The van der Waals surface area contributed by atoms with E-state index in [9.17, 15) is 9.59 Å². The molecule has 0 bridgehead atoms. The van der Waals surface area contributed by atoms with Gasteiger partial charge in [0.15, 0.2) is 0 Å². The number of carbonyl (C=O) groups excluding carboxylic acids is 2. The number of amides is 1. The van der Waals surface area contributed by atoms with Gasteiger partial charge in [-0.3, -0.25) is 9.59 Å². The van der Waals surface area contributed by atoms with E-state index in [-0.39, 0.29) is 17.6 Å². The summed E-state index contributed by atoms with van der Waals surface area (Å²) < 4.78 is 5.93. The highest BCUT2D eigenvalue weighted by Gasteiger charge is 2.24. The maximum Gasteiger partial charge on any atom is 0.227 e. The summed E-state index contributed by atoms with van der Waals surface area (Å²) in [5.74, 6) is 0.917. The molecule has 102 valence electrons. The SMILES string of the molecule is COc1ccc(NC(=O)C2CCC(=O)CC2)cc1Br. The number of benzene rings is 1. The van der Waals surface area contributed by atoms with E-state index in [4.69, 9.17) is 4.74 Å². The Morgan fingerprint density at radius 1 is 1.37 bits per heavy atom. The summed E-state index contributed by atoms with van der Waals surface area (Å²) in [5, 5.41) is 2.88. The van der Waals surface area contributed by atoms with Crippen LogP contribution in [0.3, 0.4) is 0 Å². The third-order valence-electron chi connectivity index (χ3n) is 3.33. The molecule has 0 saturated heterocycles. The summed E-state index contributed by atoms with van der Waals surface area (Å²) in [5.41, 5.74) is 0.731. The number of methoxy groups -OCH3 is 1. The van der Waals surface area contributed by atoms with Gasteiger partial charge in [-0.25, -0.2) is 0 Å². The predicted octanol–water partition coefficient (Wildman–Crippen LogP) is 3.16. The van der Waals surface area contributed by atoms with Crippen LogP contribution < -0.4 is 10.1 Å². The highest BCUT2D eigenvalue weighted by atomic mass is 79.9. The van der Waals surface area contributed by atoms with E-state index in [0.717, 1.165) is 15.9 Å². The third-order valence-corrected chi connectivity index (χ3v) is 3.95. The standard InChI is InChI=1S/C14H16BrNO3/c1-19-13-7-4-10(8-12(13)15)16-14(18)9-2-5-11(17)6-3-9/h4,7-9H,2-3,5-6H2,1H3,(H,16,18). The van der Waals surface area contributed by atoms with Crippen LogP contribution in [0.4, 0.5) is 5.69 Å². The summed E-state index contributed by atoms with van der Waals surface area (Å²) in [4.78, 5) is 23.2. The Hall–Kier alpha value is -1.36. The number of Topliss-reactive ketones (excluding diaryl/α,β-unsaturated/α-hetero) is 1. The first kappa shape index (κ1) is 14.1. The molecular formula is C14H16BrNO3. The lowest BCUT2D eigenvalue weighted by atomic mass is 9.88. The molecule has 4 nitrogen and oxygen atoms in total. The quantitative estimate of drug-likeness (QED) is 0.928. The molecule has 1 fully saturated rings. The molecule has 1 N–H and O–H groups in total. The van der Waals surface area contributed by atoms with Crippen LogP contribution in [0.25, 0.3) is 0 Å². The van der Waals surface area contributed by atoms with Crippen molar-refractivity contribution in [3.63, 3.8) is 0 Å². The van der Waals surface area contributed by atoms with Gasteiger partial charge >= 0.3 is 0 Å². The summed E-state index contributed by atoms with van der Waals surface area (Å²) >= 11 is 3.38. The number of hydrogen-bond acceptors (Lipinski definition) is 3. The van der Waals surface area contributed by atoms with Crippen LogP contribution in [0.15, 0.2) is 22.7 Å². The van der Waals surface area contributed by atoms with Gasteiger partial charge in [-0.15, -0.1) is 0 Å². The van der Waals surface area contributed by atoms with Gasteiger partial charge in [-0.1, -0.05) is 0 Å². The van der Waals surface area contributed by atoms with Crippen molar-refractivity contribution in [1.29, 1.82) is 0 Å². The number of ketones is 1. The maximum absolute atomic E-state index is 12.1. The zero-order valence-electron chi connectivity index (χ0n) is 10.7. The molecule has 0 aromatic heterocycles. The second-order valence-electron chi connectivity index (χ2n) is 4.65. The Kier molecular flexibility index (Phi) is 4.58. The van der Waals surface area contributed by atoms with Gasteiger partial charge in [-0.05, 0) is 47.0 Å². The topological polar surface area (TPSA) is 55.4 Å². The molecule has 1 aromatic rings. The zero-order chi connectivity index (χ0) is 13.8. The number of carbonyl (C=O) groups is 2. The Morgan fingerprint density at radius 3 is 2.63 bits per heavy atom. The van der Waals surface area contributed by atoms with E-state index in [2.05, 4.69) is 21.2 Å². The molecular weight excluding hydrogens is 310 g/mol. The van der Waals surface area contributed by atoms with Gasteiger partial charge in [0, 0.05) is 24.4 Å². The molecule has 0 spiro atoms. The lowest BCUT2D eigenvalue weighted by Gasteiger charge is -2.20. The van der Waals surface area contributed by atoms with E-state index in [1.165, 1.54) is 0 Å². The molecule has 0 atom stereocenters. The summed E-state index contributed by atoms with van der Waals surface area (Å²) in [6, 6.07) is 5.41. The van der Waals surface area contributed by atoms with Crippen LogP contribution in [0.5, 0.6) is 5.75 Å². The Morgan fingerprint density at radius 2 is 2.05 bits per heavy atom. The first-order chi connectivity index (χ1) is 9.10. The van der Waals surface area contributed by atoms with Gasteiger partial charge in [0.25, 0.3) is 0 Å². The lowest BCUT2D eigenvalue weighted by molar-refractivity contribution is -0.125. The minimum Gasteiger partial charge on any atom is -0.496 e. The lowest BCUT2D eigenvalue weighted by Crippen LogP contribution is -2.27. The Balaban J connectivity index is 1.99. The summed E-state index contributed by atoms with van der Waals surface area (Å²) in [6.45, 7) is 0. The van der Waals surface area contributed by atoms with Crippen LogP contribution in [-0.4, -0.2) is 18.8 Å². The molecule has 0 radical (unpaired) electrons. The smallest absolute Gasteiger partial charge is 0.227 e. The van der Waals surface area contributed by atoms with Crippen LogP contribution >= 0.6 is 15.9 Å². The molecule has 1 amide bonds. The van der Waals surface area contributed by atoms with Crippen LogP contribution in [0.2, 0.25) is 0 Å². The van der Waals surface area contributed by atoms with Gasteiger partial charge in [0.2, 0.25) is 5.91 Å².